The van der Waals surface area contributed by atoms with Crippen LogP contribution in [-0.4, -0.2) is 24.9 Å². The molecule has 8 heteroatoms. The van der Waals surface area contributed by atoms with Crippen molar-refractivity contribution in [3.05, 3.63) is 76.4 Å². The zero-order chi connectivity index (χ0) is 19.9. The van der Waals surface area contributed by atoms with Gasteiger partial charge in [-0.2, -0.15) is 0 Å². The maximum Gasteiger partial charge on any atom is 0.307 e. The van der Waals surface area contributed by atoms with Crippen LogP contribution in [0.3, 0.4) is 0 Å². The first kappa shape index (κ1) is 19.4. The van der Waals surface area contributed by atoms with Gasteiger partial charge in [0.2, 0.25) is 0 Å². The van der Waals surface area contributed by atoms with E-state index in [0.717, 1.165) is 4.88 Å². The van der Waals surface area contributed by atoms with Gasteiger partial charge in [0.25, 0.3) is 11.8 Å². The van der Waals surface area contributed by atoms with Crippen molar-refractivity contribution >= 4 is 34.8 Å². The first-order valence-electron chi connectivity index (χ1n) is 8.43. The summed E-state index contributed by atoms with van der Waals surface area (Å²) in [5, 5.41) is 7.41. The van der Waals surface area contributed by atoms with Gasteiger partial charge in [-0.1, -0.05) is 6.07 Å². The molecule has 1 unspecified atom stereocenters. The maximum atomic E-state index is 12.6. The molecule has 0 saturated heterocycles. The second-order valence-corrected chi connectivity index (χ2v) is 6.81. The van der Waals surface area contributed by atoms with E-state index in [1.165, 1.54) is 24.7 Å². The lowest BCUT2D eigenvalue weighted by Gasteiger charge is -2.16. The van der Waals surface area contributed by atoms with Gasteiger partial charge >= 0.3 is 5.97 Å². The minimum atomic E-state index is -0.474. The zero-order valence-corrected chi connectivity index (χ0v) is 15.8. The molecule has 0 spiro atoms. The Kier molecular flexibility index (Phi) is 6.23. The fourth-order valence-corrected chi connectivity index (χ4v) is 3.29. The van der Waals surface area contributed by atoms with Gasteiger partial charge in [0.05, 0.1) is 25.8 Å². The normalized spacial score (nSPS) is 11.5. The maximum absolute atomic E-state index is 12.6. The topological polar surface area (TPSA) is 97.6 Å². The van der Waals surface area contributed by atoms with Crippen LogP contribution in [-0.2, 0) is 9.53 Å². The molecule has 3 aromatic rings. The Hall–Kier alpha value is -3.39. The van der Waals surface area contributed by atoms with E-state index in [1.54, 1.807) is 36.4 Å². The molecule has 0 aliphatic carbocycles. The largest absolute Gasteiger partial charge is 0.469 e. The first-order valence-corrected chi connectivity index (χ1v) is 9.31. The summed E-state index contributed by atoms with van der Waals surface area (Å²) in [6.45, 7) is 0. The van der Waals surface area contributed by atoms with E-state index in [0.29, 0.717) is 11.3 Å². The van der Waals surface area contributed by atoms with E-state index in [9.17, 15) is 14.4 Å². The van der Waals surface area contributed by atoms with Crippen molar-refractivity contribution in [2.24, 2.45) is 0 Å². The molecule has 2 heterocycles. The van der Waals surface area contributed by atoms with Gasteiger partial charge in [-0.15, -0.1) is 11.3 Å². The van der Waals surface area contributed by atoms with Crippen LogP contribution in [0.4, 0.5) is 5.69 Å². The molecular weight excluding hydrogens is 380 g/mol. The SMILES string of the molecule is COC(=O)CC(NC(=O)c1ccc(NC(=O)c2ccco2)cc1)c1cccs1. The van der Waals surface area contributed by atoms with Crippen molar-refractivity contribution in [2.75, 3.05) is 12.4 Å². The van der Waals surface area contributed by atoms with E-state index in [2.05, 4.69) is 10.6 Å². The average molecular weight is 398 g/mol. The number of carbonyl (C=O) groups excluding carboxylic acids is 3. The minimum Gasteiger partial charge on any atom is -0.469 e. The van der Waals surface area contributed by atoms with Crippen LogP contribution in [0.15, 0.2) is 64.6 Å². The van der Waals surface area contributed by atoms with Gasteiger partial charge in [0.15, 0.2) is 5.76 Å². The third kappa shape index (κ3) is 4.86. The molecular formula is C20H18N2O5S. The molecule has 7 nitrogen and oxygen atoms in total. The third-order valence-corrected chi connectivity index (χ3v) is 4.93. The molecule has 0 saturated carbocycles. The van der Waals surface area contributed by atoms with Gasteiger partial charge in [-0.3, -0.25) is 14.4 Å². The predicted molar refractivity (Wildman–Crippen MR) is 104 cm³/mol. The summed E-state index contributed by atoms with van der Waals surface area (Å²) in [5.41, 5.74) is 0.935. The van der Waals surface area contributed by atoms with Crippen LogP contribution in [0.5, 0.6) is 0 Å². The number of esters is 1. The number of benzene rings is 1. The van der Waals surface area contributed by atoms with E-state index in [-0.39, 0.29) is 24.0 Å². The molecule has 2 amide bonds. The van der Waals surface area contributed by atoms with Gasteiger partial charge < -0.3 is 19.8 Å². The summed E-state index contributed by atoms with van der Waals surface area (Å²) in [4.78, 5) is 37.1. The second-order valence-electron chi connectivity index (χ2n) is 5.83. The number of hydrogen-bond donors (Lipinski definition) is 2. The highest BCUT2D eigenvalue weighted by molar-refractivity contribution is 7.10. The number of amides is 2. The Balaban J connectivity index is 1.66. The molecule has 144 valence electrons. The Labute approximate surface area is 165 Å². The molecule has 28 heavy (non-hydrogen) atoms. The van der Waals surface area contributed by atoms with Crippen LogP contribution in [0, 0.1) is 0 Å². The van der Waals surface area contributed by atoms with Crippen molar-refractivity contribution in [3.63, 3.8) is 0 Å². The number of carbonyl (C=O) groups is 3. The van der Waals surface area contributed by atoms with Crippen molar-refractivity contribution in [1.82, 2.24) is 5.32 Å². The van der Waals surface area contributed by atoms with Crippen LogP contribution in [0.1, 0.15) is 38.3 Å². The molecule has 2 aromatic heterocycles. The third-order valence-electron chi connectivity index (χ3n) is 3.94. The number of nitrogens with one attached hydrogen (secondary N) is 2. The highest BCUT2D eigenvalue weighted by Gasteiger charge is 2.20. The zero-order valence-electron chi connectivity index (χ0n) is 15.0. The average Bonchev–Trinajstić information content (AvgIpc) is 3.41. The van der Waals surface area contributed by atoms with Crippen molar-refractivity contribution < 1.29 is 23.5 Å². The van der Waals surface area contributed by atoms with Crippen LogP contribution < -0.4 is 10.6 Å². The molecule has 0 aliphatic heterocycles. The van der Waals surface area contributed by atoms with Gasteiger partial charge in [0, 0.05) is 16.1 Å². The number of furan rings is 1. The number of ether oxygens (including phenoxy) is 1. The standard InChI is InChI=1S/C20H18N2O5S/c1-26-18(23)12-15(17-5-3-11-28-17)22-19(24)13-6-8-14(9-7-13)21-20(25)16-4-2-10-27-16/h2-11,15H,12H2,1H3,(H,21,25)(H,22,24). The van der Waals surface area contributed by atoms with Gasteiger partial charge in [-0.25, -0.2) is 0 Å². The fourth-order valence-electron chi connectivity index (χ4n) is 2.51. The minimum absolute atomic E-state index is 0.0417. The van der Waals surface area contributed by atoms with Crippen molar-refractivity contribution in [2.45, 2.75) is 12.5 Å². The van der Waals surface area contributed by atoms with E-state index < -0.39 is 12.0 Å². The summed E-state index contributed by atoms with van der Waals surface area (Å²) >= 11 is 1.45. The Morgan fingerprint density at radius 3 is 2.46 bits per heavy atom. The molecule has 1 atom stereocenters. The van der Waals surface area contributed by atoms with Crippen LogP contribution in [0.2, 0.25) is 0 Å². The van der Waals surface area contributed by atoms with Gasteiger partial charge in [-0.05, 0) is 47.8 Å². The number of anilines is 1. The summed E-state index contributed by atoms with van der Waals surface area (Å²) in [6.07, 6.45) is 1.46. The quantitative estimate of drug-likeness (QED) is 0.592. The Bertz CT molecular complexity index is 934. The molecule has 0 bridgehead atoms. The number of thiophene rings is 1. The molecule has 2 N–H and O–H groups in total. The first-order chi connectivity index (χ1) is 13.6. The second kappa shape index (κ2) is 9.01. The summed E-state index contributed by atoms with van der Waals surface area (Å²) in [5.74, 6) is -0.914. The smallest absolute Gasteiger partial charge is 0.307 e. The Morgan fingerprint density at radius 2 is 1.86 bits per heavy atom. The van der Waals surface area contributed by atoms with Crippen LogP contribution >= 0.6 is 11.3 Å². The van der Waals surface area contributed by atoms with Crippen LogP contribution in [0.25, 0.3) is 0 Å². The molecule has 0 fully saturated rings. The summed E-state index contributed by atoms with van der Waals surface area (Å²) in [6, 6.07) is 12.8. The lowest BCUT2D eigenvalue weighted by Crippen LogP contribution is -2.30. The van der Waals surface area contributed by atoms with Gasteiger partial charge in [0.1, 0.15) is 0 Å². The summed E-state index contributed by atoms with van der Waals surface area (Å²) < 4.78 is 9.75. The predicted octanol–water partition coefficient (Wildman–Crippen LogP) is 3.63. The molecule has 0 radical (unpaired) electrons. The number of hydrogen-bond acceptors (Lipinski definition) is 6. The van der Waals surface area contributed by atoms with Crippen molar-refractivity contribution in [1.29, 1.82) is 0 Å². The molecule has 1 aromatic carbocycles. The lowest BCUT2D eigenvalue weighted by molar-refractivity contribution is -0.141. The number of rotatable bonds is 7. The van der Waals surface area contributed by atoms with Crippen molar-refractivity contribution in [3.8, 4) is 0 Å². The van der Waals surface area contributed by atoms with E-state index in [4.69, 9.17) is 9.15 Å². The number of methoxy groups -OCH3 is 1. The fraction of sp³-hybridized carbons (Fsp3) is 0.150. The van der Waals surface area contributed by atoms with E-state index in [1.807, 2.05) is 17.5 Å². The molecule has 0 aliphatic rings. The monoisotopic (exact) mass is 398 g/mol. The Morgan fingerprint density at radius 1 is 1.07 bits per heavy atom. The highest BCUT2D eigenvalue weighted by Crippen LogP contribution is 2.23. The van der Waals surface area contributed by atoms with E-state index >= 15 is 0 Å². The summed E-state index contributed by atoms with van der Waals surface area (Å²) in [7, 11) is 1.31. The molecule has 3 rings (SSSR count). The lowest BCUT2D eigenvalue weighted by atomic mass is 10.1. The highest BCUT2D eigenvalue weighted by atomic mass is 32.1.